The molecule has 0 bridgehead atoms. The predicted octanol–water partition coefficient (Wildman–Crippen LogP) is 0.233. The van der Waals surface area contributed by atoms with Crippen LogP contribution < -0.4 is 5.32 Å². The highest BCUT2D eigenvalue weighted by atomic mass is 16.4. The highest BCUT2D eigenvalue weighted by molar-refractivity contribution is 5.97. The van der Waals surface area contributed by atoms with E-state index in [2.05, 4.69) is 5.32 Å². The smallest absolute Gasteiger partial charge is 0.316 e. The number of hydrogen-bond acceptors (Lipinski definition) is 2. The van der Waals surface area contributed by atoms with Crippen molar-refractivity contribution < 1.29 is 14.7 Å². The van der Waals surface area contributed by atoms with Crippen LogP contribution in [0.3, 0.4) is 0 Å². The third-order valence-corrected chi connectivity index (χ3v) is 2.11. The van der Waals surface area contributed by atoms with E-state index in [-0.39, 0.29) is 11.3 Å². The lowest BCUT2D eigenvalue weighted by Gasteiger charge is -2.32. The first kappa shape index (κ1) is 9.03. The Labute approximate surface area is 71.0 Å². The fourth-order valence-corrected chi connectivity index (χ4v) is 1.37. The minimum absolute atomic E-state index is 0.100. The van der Waals surface area contributed by atoms with E-state index in [4.69, 9.17) is 5.11 Å². The van der Waals surface area contributed by atoms with Crippen LogP contribution in [-0.4, -0.2) is 23.5 Å². The molecule has 1 saturated heterocycles. The number of aliphatic carboxylic acids is 1. The number of nitrogens with one attached hydrogen (secondary N) is 1. The van der Waals surface area contributed by atoms with Gasteiger partial charge in [-0.05, 0) is 11.8 Å². The molecule has 1 amide bonds. The molecule has 0 spiro atoms. The minimum Gasteiger partial charge on any atom is -0.481 e. The van der Waals surface area contributed by atoms with Crippen LogP contribution in [0.1, 0.15) is 20.3 Å². The average molecular weight is 171 g/mol. The summed E-state index contributed by atoms with van der Waals surface area (Å²) in [5.74, 6) is -2.25. The van der Waals surface area contributed by atoms with Crippen molar-refractivity contribution in [2.75, 3.05) is 6.54 Å². The molecule has 68 valence electrons. The van der Waals surface area contributed by atoms with Crippen LogP contribution in [0.2, 0.25) is 0 Å². The second-order valence-electron chi connectivity index (χ2n) is 3.98. The summed E-state index contributed by atoms with van der Waals surface area (Å²) in [6, 6.07) is 0. The first-order chi connectivity index (χ1) is 5.42. The number of rotatable bonds is 1. The Balaban J connectivity index is 2.72. The van der Waals surface area contributed by atoms with Crippen LogP contribution in [0.25, 0.3) is 0 Å². The third kappa shape index (κ3) is 1.75. The first-order valence-corrected chi connectivity index (χ1v) is 3.93. The molecule has 4 nitrogen and oxygen atoms in total. The normalized spacial score (nSPS) is 27.8. The number of carboxylic acids is 1. The van der Waals surface area contributed by atoms with Crippen molar-refractivity contribution in [1.82, 2.24) is 5.32 Å². The molecule has 12 heavy (non-hydrogen) atoms. The van der Waals surface area contributed by atoms with Gasteiger partial charge in [-0.15, -0.1) is 0 Å². The summed E-state index contributed by atoms with van der Waals surface area (Å²) in [4.78, 5) is 21.6. The van der Waals surface area contributed by atoms with Gasteiger partial charge in [0.2, 0.25) is 5.91 Å². The van der Waals surface area contributed by atoms with E-state index in [1.54, 1.807) is 0 Å². The van der Waals surface area contributed by atoms with Crippen LogP contribution in [0.15, 0.2) is 0 Å². The maximum atomic E-state index is 11.0. The van der Waals surface area contributed by atoms with E-state index < -0.39 is 11.9 Å². The summed E-state index contributed by atoms with van der Waals surface area (Å²) in [7, 11) is 0. The number of carboxylic acid groups (broad SMARTS) is 1. The summed E-state index contributed by atoms with van der Waals surface area (Å²) in [5.41, 5.74) is -0.100. The standard InChI is InChI=1S/C8H13NO3/c1-8(2)3-5(7(11)12)6(10)9-4-8/h5H,3-4H2,1-2H3,(H,9,10)(H,11,12). The van der Waals surface area contributed by atoms with Crippen LogP contribution >= 0.6 is 0 Å². The lowest BCUT2D eigenvalue weighted by molar-refractivity contribution is -0.150. The quantitative estimate of drug-likeness (QED) is 0.555. The van der Waals surface area contributed by atoms with Crippen molar-refractivity contribution in [3.05, 3.63) is 0 Å². The molecule has 1 fully saturated rings. The van der Waals surface area contributed by atoms with E-state index >= 15 is 0 Å². The molecular formula is C8H13NO3. The maximum absolute atomic E-state index is 11.0. The SMILES string of the molecule is CC1(C)CNC(=O)C(C(=O)O)C1. The number of carbonyl (C=O) groups is 2. The molecule has 1 aliphatic rings. The zero-order valence-electron chi connectivity index (χ0n) is 7.26. The highest BCUT2D eigenvalue weighted by Crippen LogP contribution is 2.28. The second-order valence-corrected chi connectivity index (χ2v) is 3.98. The molecular weight excluding hydrogens is 158 g/mol. The molecule has 0 aromatic rings. The van der Waals surface area contributed by atoms with Crippen LogP contribution in [-0.2, 0) is 9.59 Å². The Bertz CT molecular complexity index is 222. The fourth-order valence-electron chi connectivity index (χ4n) is 1.37. The molecule has 1 rings (SSSR count). The van der Waals surface area contributed by atoms with Crippen molar-refractivity contribution in [3.63, 3.8) is 0 Å². The Morgan fingerprint density at radius 1 is 1.67 bits per heavy atom. The largest absolute Gasteiger partial charge is 0.481 e. The Morgan fingerprint density at radius 3 is 2.67 bits per heavy atom. The topological polar surface area (TPSA) is 66.4 Å². The highest BCUT2D eigenvalue weighted by Gasteiger charge is 2.37. The van der Waals surface area contributed by atoms with Crippen molar-refractivity contribution in [2.45, 2.75) is 20.3 Å². The van der Waals surface area contributed by atoms with Crippen LogP contribution in [0.5, 0.6) is 0 Å². The van der Waals surface area contributed by atoms with Gasteiger partial charge < -0.3 is 10.4 Å². The number of piperidine rings is 1. The number of amides is 1. The lowest BCUT2D eigenvalue weighted by Crippen LogP contribution is -2.48. The van der Waals surface area contributed by atoms with Gasteiger partial charge in [-0.2, -0.15) is 0 Å². The average Bonchev–Trinajstić information content (AvgIpc) is 1.94. The monoisotopic (exact) mass is 171 g/mol. The summed E-state index contributed by atoms with van der Waals surface area (Å²) in [5, 5.41) is 11.3. The zero-order chi connectivity index (χ0) is 9.35. The summed E-state index contributed by atoms with van der Waals surface area (Å²) in [6.45, 7) is 4.46. The minimum atomic E-state index is -1.03. The number of hydrogen-bond donors (Lipinski definition) is 2. The molecule has 0 radical (unpaired) electrons. The lowest BCUT2D eigenvalue weighted by atomic mass is 9.79. The Morgan fingerprint density at radius 2 is 2.25 bits per heavy atom. The van der Waals surface area contributed by atoms with Gasteiger partial charge in [-0.25, -0.2) is 0 Å². The molecule has 1 aliphatic heterocycles. The molecule has 4 heteroatoms. The van der Waals surface area contributed by atoms with Gasteiger partial charge in [0.05, 0.1) is 0 Å². The molecule has 1 unspecified atom stereocenters. The van der Waals surface area contributed by atoms with Crippen molar-refractivity contribution in [2.24, 2.45) is 11.3 Å². The zero-order valence-corrected chi connectivity index (χ0v) is 7.26. The maximum Gasteiger partial charge on any atom is 0.316 e. The van der Waals surface area contributed by atoms with E-state index in [0.29, 0.717) is 13.0 Å². The van der Waals surface area contributed by atoms with Gasteiger partial charge in [-0.3, -0.25) is 9.59 Å². The van der Waals surface area contributed by atoms with Crippen LogP contribution in [0, 0.1) is 11.3 Å². The summed E-state index contributed by atoms with van der Waals surface area (Å²) in [6.07, 6.45) is 0.425. The van der Waals surface area contributed by atoms with Gasteiger partial charge in [0.25, 0.3) is 0 Å². The molecule has 1 atom stereocenters. The van der Waals surface area contributed by atoms with E-state index in [0.717, 1.165) is 0 Å². The number of carbonyl (C=O) groups excluding carboxylic acids is 1. The molecule has 2 N–H and O–H groups in total. The molecule has 1 heterocycles. The van der Waals surface area contributed by atoms with Crippen molar-refractivity contribution in [1.29, 1.82) is 0 Å². The van der Waals surface area contributed by atoms with Gasteiger partial charge in [0, 0.05) is 6.54 Å². The van der Waals surface area contributed by atoms with E-state index in [1.807, 2.05) is 13.8 Å². The predicted molar refractivity (Wildman–Crippen MR) is 42.5 cm³/mol. The second kappa shape index (κ2) is 2.77. The van der Waals surface area contributed by atoms with Crippen molar-refractivity contribution >= 4 is 11.9 Å². The fraction of sp³-hybridized carbons (Fsp3) is 0.750. The Kier molecular flexibility index (Phi) is 2.08. The molecule has 0 saturated carbocycles. The Hall–Kier alpha value is -1.06. The third-order valence-electron chi connectivity index (χ3n) is 2.11. The van der Waals surface area contributed by atoms with Gasteiger partial charge >= 0.3 is 5.97 Å². The molecule has 0 aromatic carbocycles. The van der Waals surface area contributed by atoms with Crippen LogP contribution in [0.4, 0.5) is 0 Å². The van der Waals surface area contributed by atoms with E-state index in [1.165, 1.54) is 0 Å². The molecule has 0 aliphatic carbocycles. The van der Waals surface area contributed by atoms with Crippen molar-refractivity contribution in [3.8, 4) is 0 Å². The summed E-state index contributed by atoms with van der Waals surface area (Å²) >= 11 is 0. The van der Waals surface area contributed by atoms with E-state index in [9.17, 15) is 9.59 Å². The summed E-state index contributed by atoms with van der Waals surface area (Å²) < 4.78 is 0. The van der Waals surface area contributed by atoms with Gasteiger partial charge in [0.1, 0.15) is 5.92 Å². The van der Waals surface area contributed by atoms with Gasteiger partial charge in [-0.1, -0.05) is 13.8 Å². The molecule has 0 aromatic heterocycles. The first-order valence-electron chi connectivity index (χ1n) is 3.93. The van der Waals surface area contributed by atoms with Gasteiger partial charge in [0.15, 0.2) is 0 Å².